The molecule has 2 aromatic heterocycles. The molecule has 0 aliphatic carbocycles. The van der Waals surface area contributed by atoms with Crippen molar-refractivity contribution in [3.05, 3.63) is 152 Å². The van der Waals surface area contributed by atoms with Crippen LogP contribution in [0.3, 0.4) is 0 Å². The van der Waals surface area contributed by atoms with E-state index in [1.54, 1.807) is 0 Å². The van der Waals surface area contributed by atoms with Crippen molar-refractivity contribution in [2.24, 2.45) is 0 Å². The van der Waals surface area contributed by atoms with Gasteiger partial charge in [-0.1, -0.05) is 121 Å². The second-order valence-electron chi connectivity index (χ2n) is 10.4. The van der Waals surface area contributed by atoms with Crippen LogP contribution in [0.5, 0.6) is 0 Å². The molecule has 0 saturated heterocycles. The highest BCUT2D eigenvalue weighted by molar-refractivity contribution is 6.19. The average Bonchev–Trinajstić information content (AvgIpc) is 3.44. The van der Waals surface area contributed by atoms with Crippen LogP contribution in [0, 0.1) is 0 Å². The lowest BCUT2D eigenvalue weighted by molar-refractivity contribution is 0.669. The predicted molar refractivity (Wildman–Crippen MR) is 171 cm³/mol. The highest BCUT2D eigenvalue weighted by Gasteiger charge is 2.14. The average molecular weight is 524 g/mol. The van der Waals surface area contributed by atoms with E-state index >= 15 is 0 Å². The highest BCUT2D eigenvalue weighted by Crippen LogP contribution is 2.38. The fraction of sp³-hybridized carbons (Fsp3) is 0. The Kier molecular flexibility index (Phi) is 5.49. The summed E-state index contributed by atoms with van der Waals surface area (Å²) in [7, 11) is 0. The molecule has 0 saturated carbocycles. The number of hydrogen-bond donors (Lipinski definition) is 0. The lowest BCUT2D eigenvalue weighted by atomic mass is 9.97. The zero-order valence-corrected chi connectivity index (χ0v) is 22.3. The summed E-state index contributed by atoms with van der Waals surface area (Å²) in [6, 6.07) is 53.1. The van der Waals surface area contributed by atoms with Gasteiger partial charge < -0.3 is 4.42 Å². The molecule has 192 valence electrons. The summed E-state index contributed by atoms with van der Waals surface area (Å²) in [5, 5.41) is 4.74. The van der Waals surface area contributed by atoms with Crippen molar-refractivity contribution in [2.75, 3.05) is 0 Å². The highest BCUT2D eigenvalue weighted by atomic mass is 16.3. The third kappa shape index (κ3) is 4.18. The minimum Gasteiger partial charge on any atom is -0.456 e. The third-order valence-electron chi connectivity index (χ3n) is 7.88. The number of furan rings is 1. The smallest absolute Gasteiger partial charge is 0.136 e. The molecule has 8 rings (SSSR count). The molecule has 0 radical (unpaired) electrons. The molecule has 0 aliphatic rings. The molecule has 0 aliphatic heterocycles. The van der Waals surface area contributed by atoms with E-state index in [2.05, 4.69) is 140 Å². The van der Waals surface area contributed by atoms with E-state index in [1.807, 2.05) is 12.1 Å². The summed E-state index contributed by atoms with van der Waals surface area (Å²) in [6.45, 7) is 0. The lowest BCUT2D eigenvalue weighted by Gasteiger charge is -2.11. The van der Waals surface area contributed by atoms with Crippen molar-refractivity contribution >= 4 is 32.7 Å². The predicted octanol–water partition coefficient (Wildman–Crippen LogP) is 10.8. The summed E-state index contributed by atoms with van der Waals surface area (Å²) in [6.07, 6.45) is 0. The first-order chi connectivity index (χ1) is 20.3. The van der Waals surface area contributed by atoms with Crippen molar-refractivity contribution in [2.45, 2.75) is 0 Å². The molecule has 2 heterocycles. The normalized spacial score (nSPS) is 11.4. The topological polar surface area (TPSA) is 26.0 Å². The summed E-state index contributed by atoms with van der Waals surface area (Å²) in [5.74, 6) is 0. The van der Waals surface area contributed by atoms with Gasteiger partial charge in [0.1, 0.15) is 11.2 Å². The zero-order valence-electron chi connectivity index (χ0n) is 22.3. The van der Waals surface area contributed by atoms with Crippen molar-refractivity contribution < 1.29 is 4.42 Å². The summed E-state index contributed by atoms with van der Waals surface area (Å²) in [4.78, 5) is 5.11. The Hall–Kier alpha value is -5.47. The standard InChI is InChI=1S/C39H25NO/c1-3-9-26(10-4-1)27-15-17-30(18-16-27)36-24-32(23-35(40-36)29-12-5-2-6-13-29)31-19-21-34-38(25-31)41-37-22-20-28-11-7-8-14-33(28)39(34)37/h1-25H. The number of rotatable bonds is 4. The molecular weight excluding hydrogens is 498 g/mol. The second-order valence-corrected chi connectivity index (χ2v) is 10.4. The van der Waals surface area contributed by atoms with Gasteiger partial charge in [0.2, 0.25) is 0 Å². The fourth-order valence-corrected chi connectivity index (χ4v) is 5.79. The third-order valence-corrected chi connectivity index (χ3v) is 7.88. The van der Waals surface area contributed by atoms with E-state index in [0.29, 0.717) is 0 Å². The van der Waals surface area contributed by atoms with E-state index < -0.39 is 0 Å². The van der Waals surface area contributed by atoms with Gasteiger partial charge >= 0.3 is 0 Å². The first-order valence-electron chi connectivity index (χ1n) is 13.9. The Labute approximate surface area is 238 Å². The maximum absolute atomic E-state index is 6.39. The lowest BCUT2D eigenvalue weighted by Crippen LogP contribution is -1.91. The van der Waals surface area contributed by atoms with Gasteiger partial charge in [0, 0.05) is 21.9 Å². The first kappa shape index (κ1) is 23.4. The largest absolute Gasteiger partial charge is 0.456 e. The zero-order chi connectivity index (χ0) is 27.2. The quantitative estimate of drug-likeness (QED) is 0.229. The van der Waals surface area contributed by atoms with E-state index in [-0.39, 0.29) is 0 Å². The SMILES string of the molecule is c1ccc(-c2ccc(-c3cc(-c4ccc5c(c4)oc4ccc6ccccc6c45)cc(-c4ccccc4)n3)cc2)cc1. The van der Waals surface area contributed by atoms with Crippen molar-refractivity contribution in [1.29, 1.82) is 0 Å². The van der Waals surface area contributed by atoms with Crippen molar-refractivity contribution in [3.8, 4) is 44.8 Å². The Bertz CT molecular complexity index is 2180. The second kappa shape index (κ2) is 9.62. The van der Waals surface area contributed by atoms with Gasteiger partial charge in [-0.15, -0.1) is 0 Å². The van der Waals surface area contributed by atoms with Crippen molar-refractivity contribution in [1.82, 2.24) is 4.98 Å². The summed E-state index contributed by atoms with van der Waals surface area (Å²) >= 11 is 0. The molecular formula is C39H25NO. The molecule has 41 heavy (non-hydrogen) atoms. The van der Waals surface area contributed by atoms with E-state index in [1.165, 1.54) is 27.3 Å². The fourth-order valence-electron chi connectivity index (χ4n) is 5.79. The van der Waals surface area contributed by atoms with Crippen LogP contribution < -0.4 is 0 Å². The van der Waals surface area contributed by atoms with Crippen molar-refractivity contribution in [3.63, 3.8) is 0 Å². The number of hydrogen-bond acceptors (Lipinski definition) is 2. The Morgan fingerprint density at radius 1 is 0.366 bits per heavy atom. The molecule has 8 aromatic rings. The van der Waals surface area contributed by atoms with Crippen LogP contribution in [0.25, 0.3) is 77.5 Å². The number of pyridine rings is 1. The van der Waals surface area contributed by atoms with E-state index in [4.69, 9.17) is 9.40 Å². The first-order valence-corrected chi connectivity index (χ1v) is 13.9. The van der Waals surface area contributed by atoms with E-state index in [0.717, 1.165) is 50.2 Å². The van der Waals surface area contributed by atoms with Gasteiger partial charge in [-0.25, -0.2) is 4.98 Å². The van der Waals surface area contributed by atoms with Crippen LogP contribution in [-0.4, -0.2) is 4.98 Å². The summed E-state index contributed by atoms with van der Waals surface area (Å²) < 4.78 is 6.39. The molecule has 6 aromatic carbocycles. The number of aromatic nitrogens is 1. The minimum absolute atomic E-state index is 0.890. The van der Waals surface area contributed by atoms with Crippen LogP contribution in [0.15, 0.2) is 156 Å². The molecule has 0 fully saturated rings. The number of benzene rings is 6. The monoisotopic (exact) mass is 523 g/mol. The van der Waals surface area contributed by atoms with Gasteiger partial charge in [0.05, 0.1) is 11.4 Å². The van der Waals surface area contributed by atoms with E-state index in [9.17, 15) is 0 Å². The molecule has 0 atom stereocenters. The van der Waals surface area contributed by atoms with Crippen LogP contribution in [0.4, 0.5) is 0 Å². The Balaban J connectivity index is 1.27. The Morgan fingerprint density at radius 3 is 1.71 bits per heavy atom. The molecule has 0 spiro atoms. The Morgan fingerprint density at radius 2 is 0.951 bits per heavy atom. The molecule has 2 heteroatoms. The maximum atomic E-state index is 6.39. The minimum atomic E-state index is 0.890. The van der Waals surface area contributed by atoms with Gasteiger partial charge in [-0.3, -0.25) is 0 Å². The molecule has 0 amide bonds. The van der Waals surface area contributed by atoms with Crippen LogP contribution in [-0.2, 0) is 0 Å². The maximum Gasteiger partial charge on any atom is 0.136 e. The van der Waals surface area contributed by atoms with Crippen LogP contribution in [0.2, 0.25) is 0 Å². The number of nitrogens with zero attached hydrogens (tertiary/aromatic N) is 1. The molecule has 2 nitrogen and oxygen atoms in total. The van der Waals surface area contributed by atoms with Gasteiger partial charge in [-0.05, 0) is 63.4 Å². The summed E-state index contributed by atoms with van der Waals surface area (Å²) in [5.41, 5.74) is 10.5. The number of fused-ring (bicyclic) bond motifs is 5. The van der Waals surface area contributed by atoms with Crippen LogP contribution >= 0.6 is 0 Å². The molecule has 0 unspecified atom stereocenters. The van der Waals surface area contributed by atoms with Gasteiger partial charge in [0.15, 0.2) is 0 Å². The van der Waals surface area contributed by atoms with Crippen LogP contribution in [0.1, 0.15) is 0 Å². The molecule has 0 bridgehead atoms. The van der Waals surface area contributed by atoms with Gasteiger partial charge in [-0.2, -0.15) is 0 Å². The molecule has 0 N–H and O–H groups in total. The van der Waals surface area contributed by atoms with Gasteiger partial charge in [0.25, 0.3) is 0 Å².